The minimum atomic E-state index is -0.874. The van der Waals surface area contributed by atoms with Gasteiger partial charge in [0.25, 0.3) is 11.8 Å². The molecular formula is C16H12BrCl2N3O4. The smallest absolute Gasteiger partial charge is 0.340 e. The highest BCUT2D eigenvalue weighted by Gasteiger charge is 2.17. The lowest BCUT2D eigenvalue weighted by Gasteiger charge is -2.10. The second-order valence-electron chi connectivity index (χ2n) is 4.93. The predicted molar refractivity (Wildman–Crippen MR) is 101 cm³/mol. The molecule has 10 heteroatoms. The lowest BCUT2D eigenvalue weighted by molar-refractivity contribution is -0.125. The number of ether oxygens (including phenoxy) is 1. The van der Waals surface area contributed by atoms with Crippen molar-refractivity contribution in [1.29, 1.82) is 0 Å². The van der Waals surface area contributed by atoms with E-state index in [4.69, 9.17) is 33.7 Å². The van der Waals surface area contributed by atoms with Crippen LogP contribution in [0.2, 0.25) is 10.0 Å². The Kier molecular flexibility index (Phi) is 6.84. The lowest BCUT2D eigenvalue weighted by atomic mass is 10.2. The van der Waals surface area contributed by atoms with Gasteiger partial charge in [-0.05, 0) is 36.4 Å². The number of hydrazine groups is 1. The number of anilines is 1. The number of esters is 1. The van der Waals surface area contributed by atoms with Gasteiger partial charge >= 0.3 is 5.97 Å². The van der Waals surface area contributed by atoms with Crippen molar-refractivity contribution in [2.24, 2.45) is 0 Å². The summed E-state index contributed by atoms with van der Waals surface area (Å²) in [4.78, 5) is 35.5. The molecule has 0 aliphatic rings. The van der Waals surface area contributed by atoms with Crippen molar-refractivity contribution in [1.82, 2.24) is 10.9 Å². The summed E-state index contributed by atoms with van der Waals surface area (Å²) < 4.78 is 5.64. The monoisotopic (exact) mass is 459 g/mol. The Hall–Kier alpha value is -2.29. The van der Waals surface area contributed by atoms with E-state index in [1.165, 1.54) is 12.1 Å². The zero-order valence-electron chi connectivity index (χ0n) is 13.0. The minimum absolute atomic E-state index is 0.00924. The largest absolute Gasteiger partial charge is 0.452 e. The molecule has 0 spiro atoms. The first-order valence-corrected chi connectivity index (χ1v) is 8.59. The van der Waals surface area contributed by atoms with E-state index in [-0.39, 0.29) is 21.3 Å². The van der Waals surface area contributed by atoms with Gasteiger partial charge in [0.15, 0.2) is 6.61 Å². The Labute approximate surface area is 166 Å². The van der Waals surface area contributed by atoms with Crippen molar-refractivity contribution >= 4 is 62.6 Å². The van der Waals surface area contributed by atoms with Crippen LogP contribution in [0.3, 0.4) is 0 Å². The van der Waals surface area contributed by atoms with E-state index in [1.807, 2.05) is 0 Å². The second-order valence-corrected chi connectivity index (χ2v) is 6.69. The van der Waals surface area contributed by atoms with E-state index in [1.54, 1.807) is 24.3 Å². The van der Waals surface area contributed by atoms with Crippen molar-refractivity contribution in [3.8, 4) is 0 Å². The van der Waals surface area contributed by atoms with Gasteiger partial charge < -0.3 is 10.5 Å². The van der Waals surface area contributed by atoms with Crippen LogP contribution in [0.15, 0.2) is 40.9 Å². The molecule has 0 aliphatic heterocycles. The van der Waals surface area contributed by atoms with Crippen LogP contribution in [-0.4, -0.2) is 24.4 Å². The third-order valence-electron chi connectivity index (χ3n) is 3.07. The highest BCUT2D eigenvalue weighted by Crippen LogP contribution is 2.27. The molecule has 0 aliphatic carbocycles. The molecule has 2 aromatic rings. The number of benzene rings is 2. The van der Waals surface area contributed by atoms with Crippen LogP contribution in [-0.2, 0) is 9.53 Å². The van der Waals surface area contributed by atoms with Gasteiger partial charge in [0.2, 0.25) is 0 Å². The molecule has 7 nitrogen and oxygen atoms in total. The average molecular weight is 461 g/mol. The molecular weight excluding hydrogens is 449 g/mol. The number of hydrogen-bond donors (Lipinski definition) is 3. The topological polar surface area (TPSA) is 111 Å². The summed E-state index contributed by atoms with van der Waals surface area (Å²) in [5.74, 6) is -2.14. The fraction of sp³-hybridized carbons (Fsp3) is 0.0625. The number of carbonyl (C=O) groups is 3. The van der Waals surface area contributed by atoms with Crippen molar-refractivity contribution in [2.45, 2.75) is 0 Å². The number of amides is 2. The van der Waals surface area contributed by atoms with E-state index in [9.17, 15) is 14.4 Å². The predicted octanol–water partition coefficient (Wildman–Crippen LogP) is 2.96. The van der Waals surface area contributed by atoms with Gasteiger partial charge in [-0.3, -0.25) is 20.4 Å². The molecule has 0 unspecified atom stereocenters. The fourth-order valence-corrected chi connectivity index (χ4v) is 2.56. The third kappa shape index (κ3) is 5.35. The Balaban J connectivity index is 1.86. The van der Waals surface area contributed by atoms with Crippen LogP contribution in [0.5, 0.6) is 0 Å². The van der Waals surface area contributed by atoms with E-state index in [0.717, 1.165) is 4.47 Å². The summed E-state index contributed by atoms with van der Waals surface area (Å²) in [5, 5.41) is 0.290. The number of nitrogen functional groups attached to an aromatic ring is 1. The molecule has 136 valence electrons. The zero-order chi connectivity index (χ0) is 19.3. The van der Waals surface area contributed by atoms with Crippen LogP contribution in [0.1, 0.15) is 20.7 Å². The molecule has 0 saturated heterocycles. The highest BCUT2D eigenvalue weighted by atomic mass is 79.9. The van der Waals surface area contributed by atoms with Crippen LogP contribution in [0.25, 0.3) is 0 Å². The number of carbonyl (C=O) groups excluding carboxylic acids is 3. The molecule has 2 rings (SSSR count). The SMILES string of the molecule is Nc1c(Cl)cc(Cl)cc1C(=O)OCC(=O)NNC(=O)c1ccc(Br)cc1. The number of rotatable bonds is 4. The average Bonchev–Trinajstić information content (AvgIpc) is 2.61. The molecule has 4 N–H and O–H groups in total. The number of hydrogen-bond acceptors (Lipinski definition) is 5. The fourth-order valence-electron chi connectivity index (χ4n) is 1.80. The van der Waals surface area contributed by atoms with Crippen molar-refractivity contribution in [2.75, 3.05) is 12.3 Å². The van der Waals surface area contributed by atoms with Gasteiger partial charge in [-0.15, -0.1) is 0 Å². The summed E-state index contributed by atoms with van der Waals surface area (Å²) >= 11 is 14.9. The first kappa shape index (κ1) is 20.0. The summed E-state index contributed by atoms with van der Waals surface area (Å²) in [7, 11) is 0. The summed E-state index contributed by atoms with van der Waals surface area (Å²) in [5.41, 5.74) is 10.3. The third-order valence-corrected chi connectivity index (χ3v) is 4.13. The van der Waals surface area contributed by atoms with Crippen LogP contribution in [0.4, 0.5) is 5.69 Å². The quantitative estimate of drug-likeness (QED) is 0.369. The summed E-state index contributed by atoms with van der Waals surface area (Å²) in [6, 6.07) is 9.14. The molecule has 0 fully saturated rings. The standard InChI is InChI=1S/C16H12BrCl2N3O4/c17-9-3-1-8(2-4-9)15(24)22-21-13(23)7-26-16(25)11-5-10(18)6-12(19)14(11)20/h1-6H,7,20H2,(H,21,23)(H,22,24). The molecule has 2 aromatic carbocycles. The van der Waals surface area contributed by atoms with Crippen molar-refractivity contribution in [3.05, 3.63) is 62.0 Å². The number of nitrogens with two attached hydrogens (primary N) is 1. The van der Waals surface area contributed by atoms with Gasteiger partial charge in [-0.1, -0.05) is 39.1 Å². The molecule has 0 atom stereocenters. The van der Waals surface area contributed by atoms with Gasteiger partial charge in [-0.25, -0.2) is 4.79 Å². The molecule has 0 aromatic heterocycles. The van der Waals surface area contributed by atoms with Crippen LogP contribution in [0, 0.1) is 0 Å². The normalized spacial score (nSPS) is 10.1. The van der Waals surface area contributed by atoms with Gasteiger partial charge in [0.1, 0.15) is 0 Å². The Morgan fingerprint density at radius 3 is 2.38 bits per heavy atom. The molecule has 0 saturated carbocycles. The van der Waals surface area contributed by atoms with Crippen LogP contribution >= 0.6 is 39.1 Å². The van der Waals surface area contributed by atoms with Crippen molar-refractivity contribution < 1.29 is 19.1 Å². The van der Waals surface area contributed by atoms with Gasteiger partial charge in [0, 0.05) is 15.1 Å². The Morgan fingerprint density at radius 2 is 1.73 bits per heavy atom. The Bertz CT molecular complexity index is 859. The molecule has 0 bridgehead atoms. The minimum Gasteiger partial charge on any atom is -0.452 e. The zero-order valence-corrected chi connectivity index (χ0v) is 16.1. The van der Waals surface area contributed by atoms with Crippen LogP contribution < -0.4 is 16.6 Å². The highest BCUT2D eigenvalue weighted by molar-refractivity contribution is 9.10. The van der Waals surface area contributed by atoms with E-state index >= 15 is 0 Å². The maximum Gasteiger partial charge on any atom is 0.340 e. The van der Waals surface area contributed by atoms with E-state index in [0.29, 0.717) is 5.56 Å². The lowest BCUT2D eigenvalue weighted by Crippen LogP contribution is -2.43. The van der Waals surface area contributed by atoms with Gasteiger partial charge in [0.05, 0.1) is 16.3 Å². The first-order chi connectivity index (χ1) is 12.3. The maximum absolute atomic E-state index is 12.0. The molecule has 0 radical (unpaired) electrons. The van der Waals surface area contributed by atoms with E-state index < -0.39 is 24.4 Å². The first-order valence-electron chi connectivity index (χ1n) is 7.04. The van der Waals surface area contributed by atoms with E-state index in [2.05, 4.69) is 26.8 Å². The molecule has 2 amide bonds. The maximum atomic E-state index is 12.0. The Morgan fingerprint density at radius 1 is 1.08 bits per heavy atom. The molecule has 0 heterocycles. The van der Waals surface area contributed by atoms with Crippen molar-refractivity contribution in [3.63, 3.8) is 0 Å². The summed E-state index contributed by atoms with van der Waals surface area (Å²) in [6.07, 6.45) is 0. The number of halogens is 3. The molecule has 26 heavy (non-hydrogen) atoms. The number of nitrogens with one attached hydrogen (secondary N) is 2. The second kappa shape index (κ2) is 8.88. The summed E-state index contributed by atoms with van der Waals surface area (Å²) in [6.45, 7) is -0.636. The van der Waals surface area contributed by atoms with Gasteiger partial charge in [-0.2, -0.15) is 0 Å².